The Bertz CT molecular complexity index is 1170. The topological polar surface area (TPSA) is 51.2 Å². The van der Waals surface area contributed by atoms with Crippen LogP contribution in [0.5, 0.6) is 0 Å². The molecule has 5 heteroatoms. The maximum atomic E-state index is 14.0. The average molecular weight is 493 g/mol. The lowest BCUT2D eigenvalue weighted by Crippen LogP contribution is -2.64. The Hall–Kier alpha value is -1.72. The lowest BCUT2D eigenvalue weighted by molar-refractivity contribution is -0.164. The molecule has 1 aromatic heterocycles. The molecule has 0 N–H and O–H groups in total. The highest BCUT2D eigenvalue weighted by molar-refractivity contribution is 8.01. The van der Waals surface area contributed by atoms with Crippen LogP contribution in [0, 0.1) is 28.6 Å². The van der Waals surface area contributed by atoms with E-state index in [-0.39, 0.29) is 22.4 Å². The van der Waals surface area contributed by atoms with Gasteiger partial charge in [-0.3, -0.25) is 14.4 Å². The van der Waals surface area contributed by atoms with Crippen LogP contribution in [-0.2, 0) is 19.8 Å². The number of carbonyl (C=O) groups is 3. The molecule has 0 bridgehead atoms. The lowest BCUT2D eigenvalue weighted by Gasteiger charge is -2.63. The lowest BCUT2D eigenvalue weighted by atomic mass is 9.39. The largest absolute Gasteiger partial charge is 0.299 e. The highest BCUT2D eigenvalue weighted by atomic mass is 32.2. The molecule has 3 nitrogen and oxygen atoms in total. The number of hydrogen-bond acceptors (Lipinski definition) is 5. The standard InChI is InChI=1S/C29H32O3S2/c1-27-14-11-21-19(20(27)8-9-24(27)31)10-16-29(25(32)23(30)12-15-28(21,29)2)22-13-17-33-26(22)34-18-6-4-3-5-7-18/h3-7,13,17,19-21H,8-12,14-16H2,1-2H3/t19-,20-,21-,27-,28+,29-/m0/s1. The van der Waals surface area contributed by atoms with Crippen molar-refractivity contribution < 1.29 is 14.4 Å². The van der Waals surface area contributed by atoms with Crippen molar-refractivity contribution in [2.24, 2.45) is 28.6 Å². The van der Waals surface area contributed by atoms with E-state index < -0.39 is 5.41 Å². The Balaban J connectivity index is 1.45. The first-order valence-corrected chi connectivity index (χ1v) is 14.4. The predicted molar refractivity (Wildman–Crippen MR) is 135 cm³/mol. The van der Waals surface area contributed by atoms with Gasteiger partial charge in [0.25, 0.3) is 0 Å². The zero-order valence-corrected chi connectivity index (χ0v) is 21.6. The van der Waals surface area contributed by atoms with Crippen molar-refractivity contribution in [1.29, 1.82) is 0 Å². The molecular formula is C29H32O3S2. The third kappa shape index (κ3) is 2.92. The molecule has 0 radical (unpaired) electrons. The molecule has 6 atom stereocenters. The minimum Gasteiger partial charge on any atom is -0.299 e. The monoisotopic (exact) mass is 492 g/mol. The number of benzene rings is 1. The van der Waals surface area contributed by atoms with Gasteiger partial charge in [-0.15, -0.1) is 11.3 Å². The zero-order valence-electron chi connectivity index (χ0n) is 20.0. The van der Waals surface area contributed by atoms with Crippen molar-refractivity contribution in [2.45, 2.75) is 79.7 Å². The molecule has 0 aliphatic heterocycles. The number of Topliss-reactive ketones (excluding diaryl/α,β-unsaturated/α-hetero) is 3. The Morgan fingerprint density at radius 2 is 1.68 bits per heavy atom. The van der Waals surface area contributed by atoms with Gasteiger partial charge in [-0.1, -0.05) is 43.8 Å². The third-order valence-electron chi connectivity index (χ3n) is 10.3. The van der Waals surface area contributed by atoms with E-state index in [9.17, 15) is 14.4 Å². The summed E-state index contributed by atoms with van der Waals surface area (Å²) in [5.74, 6) is 1.41. The Morgan fingerprint density at radius 3 is 2.47 bits per heavy atom. The molecule has 0 spiro atoms. The van der Waals surface area contributed by atoms with Gasteiger partial charge in [-0.2, -0.15) is 0 Å². The quantitative estimate of drug-likeness (QED) is 0.438. The van der Waals surface area contributed by atoms with E-state index in [2.05, 4.69) is 37.4 Å². The molecule has 178 valence electrons. The van der Waals surface area contributed by atoms with Crippen LogP contribution in [0.15, 0.2) is 50.9 Å². The molecule has 4 aliphatic rings. The van der Waals surface area contributed by atoms with Crippen LogP contribution in [0.4, 0.5) is 0 Å². The van der Waals surface area contributed by atoms with Gasteiger partial charge in [0.2, 0.25) is 5.78 Å². The van der Waals surface area contributed by atoms with Crippen molar-refractivity contribution in [3.05, 3.63) is 47.3 Å². The molecule has 0 amide bonds. The number of hydrogen-bond donors (Lipinski definition) is 0. The second-order valence-electron chi connectivity index (χ2n) is 11.4. The zero-order chi connectivity index (χ0) is 23.7. The first-order chi connectivity index (χ1) is 16.3. The van der Waals surface area contributed by atoms with Gasteiger partial charge in [-0.05, 0) is 90.8 Å². The summed E-state index contributed by atoms with van der Waals surface area (Å²) in [7, 11) is 0. The van der Waals surface area contributed by atoms with E-state index in [1.54, 1.807) is 23.1 Å². The summed E-state index contributed by atoms with van der Waals surface area (Å²) in [4.78, 5) is 41.0. The van der Waals surface area contributed by atoms with E-state index in [1.807, 2.05) is 18.2 Å². The summed E-state index contributed by atoms with van der Waals surface area (Å²) < 4.78 is 1.15. The fourth-order valence-electron chi connectivity index (χ4n) is 8.58. The molecule has 1 aromatic carbocycles. The Morgan fingerprint density at radius 1 is 0.882 bits per heavy atom. The number of carbonyl (C=O) groups excluding carboxylic acids is 3. The minimum atomic E-state index is -0.739. The molecule has 4 aliphatic carbocycles. The highest BCUT2D eigenvalue weighted by Crippen LogP contribution is 2.69. The van der Waals surface area contributed by atoms with Crippen LogP contribution in [0.25, 0.3) is 0 Å². The van der Waals surface area contributed by atoms with Gasteiger partial charge in [0.1, 0.15) is 5.78 Å². The first-order valence-electron chi connectivity index (χ1n) is 12.7. The summed E-state index contributed by atoms with van der Waals surface area (Å²) in [5, 5.41) is 2.10. The van der Waals surface area contributed by atoms with E-state index in [0.29, 0.717) is 36.4 Å². The number of thiophene rings is 1. The molecular weight excluding hydrogens is 460 g/mol. The summed E-state index contributed by atoms with van der Waals surface area (Å²) in [6.07, 6.45) is 6.46. The summed E-state index contributed by atoms with van der Waals surface area (Å²) in [6.45, 7) is 4.53. The van der Waals surface area contributed by atoms with Gasteiger partial charge in [0.05, 0.1) is 9.62 Å². The van der Waals surface area contributed by atoms with Gasteiger partial charge in [-0.25, -0.2) is 0 Å². The van der Waals surface area contributed by atoms with Gasteiger partial charge in [0.15, 0.2) is 5.78 Å². The van der Waals surface area contributed by atoms with Gasteiger partial charge >= 0.3 is 0 Å². The predicted octanol–water partition coefficient (Wildman–Crippen LogP) is 6.88. The maximum absolute atomic E-state index is 14.0. The maximum Gasteiger partial charge on any atom is 0.209 e. The fraction of sp³-hybridized carbons (Fsp3) is 0.552. The highest BCUT2D eigenvalue weighted by Gasteiger charge is 2.68. The molecule has 6 rings (SSSR count). The summed E-state index contributed by atoms with van der Waals surface area (Å²) >= 11 is 3.41. The van der Waals surface area contributed by atoms with Crippen LogP contribution in [0.1, 0.15) is 70.8 Å². The van der Waals surface area contributed by atoms with Crippen molar-refractivity contribution >= 4 is 40.4 Å². The normalized spacial score (nSPS) is 39.5. The van der Waals surface area contributed by atoms with E-state index in [4.69, 9.17) is 0 Å². The third-order valence-corrected chi connectivity index (χ3v) is 12.5. The van der Waals surface area contributed by atoms with Crippen LogP contribution in [-0.4, -0.2) is 17.3 Å². The van der Waals surface area contributed by atoms with Crippen molar-refractivity contribution in [1.82, 2.24) is 0 Å². The fourth-order valence-corrected chi connectivity index (χ4v) is 10.8. The molecule has 1 heterocycles. The average Bonchev–Trinajstić information content (AvgIpc) is 3.42. The molecule has 2 aromatic rings. The SMILES string of the molecule is C[C@]12CC[C@H]3[C@@H](CC[C@]4(c5ccsc5Sc5ccccc5)C(=O)C(=O)CC[C@]34C)[C@@H]1CCC2=O. The number of rotatable bonds is 3. The second-order valence-corrected chi connectivity index (χ2v) is 13.7. The Labute approximate surface area is 210 Å². The summed E-state index contributed by atoms with van der Waals surface area (Å²) in [5.41, 5.74) is -0.0816. The molecule has 0 unspecified atom stereocenters. The number of ketones is 3. The second kappa shape index (κ2) is 7.89. The van der Waals surface area contributed by atoms with E-state index in [1.165, 1.54) is 0 Å². The molecule has 4 saturated carbocycles. The number of fused-ring (bicyclic) bond motifs is 5. The van der Waals surface area contributed by atoms with Crippen molar-refractivity contribution in [3.8, 4) is 0 Å². The summed E-state index contributed by atoms with van der Waals surface area (Å²) in [6, 6.07) is 12.5. The smallest absolute Gasteiger partial charge is 0.209 e. The van der Waals surface area contributed by atoms with Crippen LogP contribution in [0.3, 0.4) is 0 Å². The first kappa shape index (κ1) is 22.7. The molecule has 34 heavy (non-hydrogen) atoms. The van der Waals surface area contributed by atoms with Crippen molar-refractivity contribution in [3.63, 3.8) is 0 Å². The van der Waals surface area contributed by atoms with Crippen LogP contribution < -0.4 is 0 Å². The van der Waals surface area contributed by atoms with E-state index in [0.717, 1.165) is 53.2 Å². The molecule has 4 fully saturated rings. The Kier molecular flexibility index (Phi) is 5.28. The van der Waals surface area contributed by atoms with Crippen LogP contribution in [0.2, 0.25) is 0 Å². The van der Waals surface area contributed by atoms with Crippen LogP contribution >= 0.6 is 23.1 Å². The van der Waals surface area contributed by atoms with E-state index >= 15 is 0 Å². The van der Waals surface area contributed by atoms with Gasteiger partial charge in [0, 0.05) is 23.2 Å². The molecule has 0 saturated heterocycles. The van der Waals surface area contributed by atoms with Gasteiger partial charge < -0.3 is 0 Å². The van der Waals surface area contributed by atoms with Crippen molar-refractivity contribution in [2.75, 3.05) is 0 Å². The minimum absolute atomic E-state index is 0.149.